The predicted octanol–water partition coefficient (Wildman–Crippen LogP) is 3.94. The van der Waals surface area contributed by atoms with Crippen molar-refractivity contribution in [2.45, 2.75) is 26.7 Å². The molecule has 1 nitrogen and oxygen atoms in total. The summed E-state index contributed by atoms with van der Waals surface area (Å²) in [6, 6.07) is 10.2. The highest BCUT2D eigenvalue weighted by Gasteiger charge is 2.23. The lowest BCUT2D eigenvalue weighted by molar-refractivity contribution is 0.934. The number of nitriles is 1. The maximum Gasteiger partial charge on any atom is 0.0994 e. The molecule has 1 aromatic carbocycles. The van der Waals surface area contributed by atoms with Gasteiger partial charge in [-0.15, -0.1) is 0 Å². The third-order valence-electron chi connectivity index (χ3n) is 3.35. The lowest BCUT2D eigenvalue weighted by atomic mass is 9.86. The predicted molar refractivity (Wildman–Crippen MR) is 66.0 cm³/mol. The van der Waals surface area contributed by atoms with Crippen LogP contribution in [0.25, 0.3) is 0 Å². The Hall–Kier alpha value is -1.81. The molecule has 0 amide bonds. The van der Waals surface area contributed by atoms with Gasteiger partial charge in [0.15, 0.2) is 0 Å². The minimum Gasteiger partial charge on any atom is -0.192 e. The standard InChI is InChI=1S/C15H15N/c1-10-8-11(2)15(12(10)3)14-7-5-4-6-13(14)9-16/h4-8,15H,1-3H3. The van der Waals surface area contributed by atoms with Crippen LogP contribution >= 0.6 is 0 Å². The van der Waals surface area contributed by atoms with Crippen LogP contribution in [-0.2, 0) is 0 Å². The van der Waals surface area contributed by atoms with Gasteiger partial charge in [0.25, 0.3) is 0 Å². The number of hydrogen-bond donors (Lipinski definition) is 0. The first-order chi connectivity index (χ1) is 7.65. The SMILES string of the molecule is CC1=CC(C)=C(C)C1c1ccccc1C#N. The fourth-order valence-corrected chi connectivity index (χ4v) is 2.44. The van der Waals surface area contributed by atoms with Gasteiger partial charge in [-0.2, -0.15) is 5.26 Å². The molecule has 0 saturated carbocycles. The van der Waals surface area contributed by atoms with E-state index in [0.717, 1.165) is 11.1 Å². The van der Waals surface area contributed by atoms with Gasteiger partial charge in [0.1, 0.15) is 0 Å². The minimum absolute atomic E-state index is 0.302. The summed E-state index contributed by atoms with van der Waals surface area (Å²) in [7, 11) is 0. The smallest absolute Gasteiger partial charge is 0.0994 e. The summed E-state index contributed by atoms with van der Waals surface area (Å²) in [6.07, 6.45) is 2.22. The minimum atomic E-state index is 0.302. The Kier molecular flexibility index (Phi) is 2.66. The molecule has 1 aromatic rings. The molecular weight excluding hydrogens is 194 g/mol. The van der Waals surface area contributed by atoms with Gasteiger partial charge < -0.3 is 0 Å². The van der Waals surface area contributed by atoms with E-state index < -0.39 is 0 Å². The maximum absolute atomic E-state index is 9.13. The van der Waals surface area contributed by atoms with E-state index in [4.69, 9.17) is 5.26 Å². The van der Waals surface area contributed by atoms with Crippen molar-refractivity contribution in [3.8, 4) is 6.07 Å². The van der Waals surface area contributed by atoms with E-state index in [0.29, 0.717) is 5.92 Å². The van der Waals surface area contributed by atoms with Crippen molar-refractivity contribution in [2.24, 2.45) is 0 Å². The van der Waals surface area contributed by atoms with Crippen LogP contribution in [-0.4, -0.2) is 0 Å². The fourth-order valence-electron chi connectivity index (χ4n) is 2.44. The van der Waals surface area contributed by atoms with Gasteiger partial charge in [-0.25, -0.2) is 0 Å². The molecule has 1 heteroatoms. The van der Waals surface area contributed by atoms with Gasteiger partial charge in [0.2, 0.25) is 0 Å². The second-order valence-corrected chi connectivity index (χ2v) is 4.39. The van der Waals surface area contributed by atoms with E-state index >= 15 is 0 Å². The Labute approximate surface area is 96.7 Å². The lowest BCUT2D eigenvalue weighted by Crippen LogP contribution is -2.01. The normalized spacial score (nSPS) is 19.6. The molecule has 1 atom stereocenters. The Bertz CT molecular complexity index is 527. The molecule has 0 aliphatic heterocycles. The first kappa shape index (κ1) is 10.7. The molecule has 0 N–H and O–H groups in total. The molecule has 0 fully saturated rings. The second kappa shape index (κ2) is 3.98. The van der Waals surface area contributed by atoms with E-state index in [1.54, 1.807) is 0 Å². The molecule has 0 heterocycles. The number of hydrogen-bond acceptors (Lipinski definition) is 1. The van der Waals surface area contributed by atoms with Crippen molar-refractivity contribution in [2.75, 3.05) is 0 Å². The molecule has 1 unspecified atom stereocenters. The van der Waals surface area contributed by atoms with Gasteiger partial charge in [-0.1, -0.05) is 41.0 Å². The van der Waals surface area contributed by atoms with Crippen molar-refractivity contribution in [1.29, 1.82) is 5.26 Å². The average molecular weight is 209 g/mol. The zero-order valence-corrected chi connectivity index (χ0v) is 9.91. The van der Waals surface area contributed by atoms with Crippen LogP contribution in [0.1, 0.15) is 37.8 Å². The number of benzene rings is 1. The van der Waals surface area contributed by atoms with Gasteiger partial charge >= 0.3 is 0 Å². The lowest BCUT2D eigenvalue weighted by Gasteiger charge is -2.16. The van der Waals surface area contributed by atoms with Crippen molar-refractivity contribution < 1.29 is 0 Å². The van der Waals surface area contributed by atoms with Crippen molar-refractivity contribution in [1.82, 2.24) is 0 Å². The van der Waals surface area contributed by atoms with Gasteiger partial charge in [-0.05, 0) is 32.4 Å². The molecule has 0 radical (unpaired) electrons. The van der Waals surface area contributed by atoms with E-state index in [2.05, 4.69) is 39.0 Å². The van der Waals surface area contributed by atoms with Gasteiger partial charge in [0.05, 0.1) is 11.6 Å². The Balaban J connectivity index is 2.55. The summed E-state index contributed by atoms with van der Waals surface area (Å²) in [6.45, 7) is 6.42. The third-order valence-corrected chi connectivity index (χ3v) is 3.35. The van der Waals surface area contributed by atoms with Crippen LogP contribution in [0, 0.1) is 11.3 Å². The molecule has 0 saturated heterocycles. The van der Waals surface area contributed by atoms with E-state index in [9.17, 15) is 0 Å². The largest absolute Gasteiger partial charge is 0.192 e. The summed E-state index contributed by atoms with van der Waals surface area (Å²) in [5.41, 5.74) is 5.94. The average Bonchev–Trinajstić information content (AvgIpc) is 2.53. The van der Waals surface area contributed by atoms with Crippen LogP contribution in [0.4, 0.5) is 0 Å². The highest BCUT2D eigenvalue weighted by molar-refractivity contribution is 5.53. The zero-order chi connectivity index (χ0) is 11.7. The van der Waals surface area contributed by atoms with E-state index in [1.807, 2.05) is 18.2 Å². The topological polar surface area (TPSA) is 23.8 Å². The van der Waals surface area contributed by atoms with Gasteiger partial charge in [0, 0.05) is 5.92 Å². The summed E-state index contributed by atoms with van der Waals surface area (Å²) < 4.78 is 0. The molecule has 0 aromatic heterocycles. The number of nitrogens with zero attached hydrogens (tertiary/aromatic N) is 1. The summed E-state index contributed by atoms with van der Waals surface area (Å²) in [5.74, 6) is 0.302. The van der Waals surface area contributed by atoms with Crippen LogP contribution in [0.15, 0.2) is 47.1 Å². The molecule has 2 rings (SSSR count). The molecule has 0 spiro atoms. The molecular formula is C15H15N. The fraction of sp³-hybridized carbons (Fsp3) is 0.267. The number of rotatable bonds is 1. The van der Waals surface area contributed by atoms with Crippen molar-refractivity contribution in [3.63, 3.8) is 0 Å². The van der Waals surface area contributed by atoms with E-state index in [1.165, 1.54) is 16.7 Å². The zero-order valence-electron chi connectivity index (χ0n) is 9.91. The van der Waals surface area contributed by atoms with Crippen LogP contribution in [0.2, 0.25) is 0 Å². The molecule has 0 bridgehead atoms. The molecule has 1 aliphatic rings. The van der Waals surface area contributed by atoms with Crippen LogP contribution in [0.3, 0.4) is 0 Å². The van der Waals surface area contributed by atoms with E-state index in [-0.39, 0.29) is 0 Å². The number of allylic oxidation sites excluding steroid dienone is 4. The monoisotopic (exact) mass is 209 g/mol. The first-order valence-corrected chi connectivity index (χ1v) is 5.49. The molecule has 16 heavy (non-hydrogen) atoms. The maximum atomic E-state index is 9.13. The van der Waals surface area contributed by atoms with Gasteiger partial charge in [-0.3, -0.25) is 0 Å². The highest BCUT2D eigenvalue weighted by atomic mass is 14.3. The van der Waals surface area contributed by atoms with Crippen LogP contribution < -0.4 is 0 Å². The quantitative estimate of drug-likeness (QED) is 0.687. The second-order valence-electron chi connectivity index (χ2n) is 4.39. The Morgan fingerprint density at radius 2 is 1.81 bits per heavy atom. The van der Waals surface area contributed by atoms with Crippen molar-refractivity contribution in [3.05, 3.63) is 58.2 Å². The van der Waals surface area contributed by atoms with Crippen molar-refractivity contribution >= 4 is 0 Å². The Morgan fingerprint density at radius 3 is 2.38 bits per heavy atom. The first-order valence-electron chi connectivity index (χ1n) is 5.49. The summed E-state index contributed by atoms with van der Waals surface area (Å²) in [4.78, 5) is 0. The summed E-state index contributed by atoms with van der Waals surface area (Å²) >= 11 is 0. The Morgan fingerprint density at radius 1 is 1.12 bits per heavy atom. The third kappa shape index (κ3) is 1.57. The summed E-state index contributed by atoms with van der Waals surface area (Å²) in [5, 5.41) is 9.13. The highest BCUT2D eigenvalue weighted by Crippen LogP contribution is 2.40. The molecule has 1 aliphatic carbocycles. The molecule has 80 valence electrons. The van der Waals surface area contributed by atoms with Crippen LogP contribution in [0.5, 0.6) is 0 Å².